The summed E-state index contributed by atoms with van der Waals surface area (Å²) >= 11 is 0. The van der Waals surface area contributed by atoms with Gasteiger partial charge in [0.25, 0.3) is 0 Å². The van der Waals surface area contributed by atoms with Crippen LogP contribution in [0.5, 0.6) is 0 Å². The molecule has 6 aromatic rings. The molecule has 0 spiro atoms. The Morgan fingerprint density at radius 1 is 0.562 bits per heavy atom. The van der Waals surface area contributed by atoms with Gasteiger partial charge in [0, 0.05) is 5.41 Å². The lowest BCUT2D eigenvalue weighted by Crippen LogP contribution is -2.60. The molecule has 0 saturated carbocycles. The SMILES string of the molecule is CC1(C)c2ccccc2B(c2ccccc2)c2cc3ccc4cccc5ccc(c21)c3c45. The highest BCUT2D eigenvalue weighted by atomic mass is 14.3. The van der Waals surface area contributed by atoms with Crippen LogP contribution >= 0.6 is 0 Å². The van der Waals surface area contributed by atoms with E-state index in [1.165, 1.54) is 59.8 Å². The Labute approximate surface area is 188 Å². The molecule has 1 heterocycles. The quantitative estimate of drug-likeness (QED) is 0.241. The van der Waals surface area contributed by atoms with Gasteiger partial charge in [0.15, 0.2) is 0 Å². The molecule has 0 unspecified atom stereocenters. The van der Waals surface area contributed by atoms with Gasteiger partial charge in [-0.1, -0.05) is 133 Å². The zero-order valence-electron chi connectivity index (χ0n) is 18.4. The van der Waals surface area contributed by atoms with Gasteiger partial charge < -0.3 is 0 Å². The van der Waals surface area contributed by atoms with Crippen LogP contribution in [0.4, 0.5) is 0 Å². The minimum Gasteiger partial charge on any atom is -0.0686 e. The third-order valence-electron chi connectivity index (χ3n) is 7.69. The summed E-state index contributed by atoms with van der Waals surface area (Å²) in [6.45, 7) is 5.06. The van der Waals surface area contributed by atoms with Gasteiger partial charge >= 0.3 is 0 Å². The zero-order valence-corrected chi connectivity index (χ0v) is 18.4. The third kappa shape index (κ3) is 2.23. The maximum Gasteiger partial charge on any atom is 0.242 e. The molecule has 32 heavy (non-hydrogen) atoms. The number of fused-ring (bicyclic) bond motifs is 3. The molecule has 1 aliphatic rings. The Morgan fingerprint density at radius 3 is 2.06 bits per heavy atom. The van der Waals surface area contributed by atoms with Crippen molar-refractivity contribution in [1.29, 1.82) is 0 Å². The van der Waals surface area contributed by atoms with E-state index in [-0.39, 0.29) is 12.1 Å². The molecule has 0 aliphatic carbocycles. The largest absolute Gasteiger partial charge is 0.242 e. The van der Waals surface area contributed by atoms with Gasteiger partial charge in [-0.15, -0.1) is 0 Å². The highest BCUT2D eigenvalue weighted by Gasteiger charge is 2.41. The number of rotatable bonds is 1. The van der Waals surface area contributed by atoms with Crippen LogP contribution in [0, 0.1) is 0 Å². The lowest BCUT2D eigenvalue weighted by atomic mass is 9.31. The Kier molecular flexibility index (Phi) is 3.51. The molecule has 7 rings (SSSR count). The summed E-state index contributed by atoms with van der Waals surface area (Å²) in [7, 11) is 0. The topological polar surface area (TPSA) is 0 Å². The summed E-state index contributed by atoms with van der Waals surface area (Å²) in [4.78, 5) is 0. The van der Waals surface area contributed by atoms with E-state index in [2.05, 4.69) is 117 Å². The van der Waals surface area contributed by atoms with Crippen molar-refractivity contribution in [2.75, 3.05) is 0 Å². The summed E-state index contributed by atoms with van der Waals surface area (Å²) in [5.74, 6) is 0. The molecule has 1 heteroatoms. The first-order valence-electron chi connectivity index (χ1n) is 11.5. The van der Waals surface area contributed by atoms with Gasteiger partial charge in [0.1, 0.15) is 0 Å². The standard InChI is InChI=1S/C31H23B/c1-31(2)25-13-6-7-14-26(25)32(23-11-4-3-5-12-23)27-19-22-16-15-20-9-8-10-21-17-18-24(30(27)31)29(22)28(20)21/h3-19H,1-2H3. The second-order valence-electron chi connectivity index (χ2n) is 9.75. The highest BCUT2D eigenvalue weighted by molar-refractivity contribution is 6.96. The van der Waals surface area contributed by atoms with Crippen molar-refractivity contribution in [2.45, 2.75) is 19.3 Å². The predicted octanol–water partition coefficient (Wildman–Crippen LogP) is 5.74. The Morgan fingerprint density at radius 2 is 1.25 bits per heavy atom. The fourth-order valence-electron chi connectivity index (χ4n) is 6.38. The first kappa shape index (κ1) is 18.0. The molecule has 0 N–H and O–H groups in total. The number of benzene rings is 6. The summed E-state index contributed by atoms with van der Waals surface area (Å²) in [5, 5.41) is 8.22. The van der Waals surface area contributed by atoms with Crippen LogP contribution in [-0.4, -0.2) is 6.71 Å². The van der Waals surface area contributed by atoms with E-state index in [0.29, 0.717) is 0 Å². The molecule has 150 valence electrons. The van der Waals surface area contributed by atoms with E-state index in [4.69, 9.17) is 0 Å². The summed E-state index contributed by atoms with van der Waals surface area (Å²) in [6.07, 6.45) is 0. The van der Waals surface area contributed by atoms with Crippen molar-refractivity contribution in [1.82, 2.24) is 0 Å². The van der Waals surface area contributed by atoms with E-state index in [9.17, 15) is 0 Å². The highest BCUT2D eigenvalue weighted by Crippen LogP contribution is 2.42. The van der Waals surface area contributed by atoms with E-state index in [1.54, 1.807) is 0 Å². The molecule has 6 aromatic carbocycles. The van der Waals surface area contributed by atoms with Crippen LogP contribution in [0.2, 0.25) is 0 Å². The van der Waals surface area contributed by atoms with Crippen LogP contribution in [0.3, 0.4) is 0 Å². The molecular formula is C31H23B. The smallest absolute Gasteiger partial charge is 0.0686 e. The van der Waals surface area contributed by atoms with Crippen LogP contribution in [0.25, 0.3) is 32.3 Å². The lowest BCUT2D eigenvalue weighted by Gasteiger charge is -2.40. The predicted molar refractivity (Wildman–Crippen MR) is 140 cm³/mol. The summed E-state index contributed by atoms with van der Waals surface area (Å²) < 4.78 is 0. The second kappa shape index (κ2) is 6.23. The summed E-state index contributed by atoms with van der Waals surface area (Å²) in [6, 6.07) is 38.5. The maximum atomic E-state index is 2.49. The van der Waals surface area contributed by atoms with Gasteiger partial charge in [-0.3, -0.25) is 0 Å². The average molecular weight is 406 g/mol. The Hall–Kier alpha value is -3.58. The fraction of sp³-hybridized carbons (Fsp3) is 0.0968. The molecular weight excluding hydrogens is 383 g/mol. The molecule has 0 radical (unpaired) electrons. The first-order chi connectivity index (χ1) is 15.6. The lowest BCUT2D eigenvalue weighted by molar-refractivity contribution is 0.652. The van der Waals surface area contributed by atoms with Crippen molar-refractivity contribution in [3.8, 4) is 0 Å². The summed E-state index contributed by atoms with van der Waals surface area (Å²) in [5.41, 5.74) is 7.10. The average Bonchev–Trinajstić information content (AvgIpc) is 2.83. The van der Waals surface area contributed by atoms with Gasteiger partial charge in [-0.05, 0) is 43.4 Å². The second-order valence-corrected chi connectivity index (χ2v) is 9.75. The number of hydrogen-bond donors (Lipinski definition) is 0. The van der Waals surface area contributed by atoms with Crippen molar-refractivity contribution >= 4 is 55.4 Å². The van der Waals surface area contributed by atoms with E-state index >= 15 is 0 Å². The monoisotopic (exact) mass is 406 g/mol. The van der Waals surface area contributed by atoms with Crippen LogP contribution in [-0.2, 0) is 5.41 Å². The van der Waals surface area contributed by atoms with Crippen LogP contribution in [0.1, 0.15) is 25.0 Å². The minimum atomic E-state index is -0.0699. The molecule has 0 bridgehead atoms. The van der Waals surface area contributed by atoms with E-state index in [1.807, 2.05) is 0 Å². The number of hydrogen-bond acceptors (Lipinski definition) is 0. The minimum absolute atomic E-state index is 0.0699. The van der Waals surface area contributed by atoms with Gasteiger partial charge in [-0.25, -0.2) is 0 Å². The zero-order chi connectivity index (χ0) is 21.4. The molecule has 0 atom stereocenters. The normalized spacial score (nSPS) is 14.8. The molecule has 0 amide bonds. The molecule has 0 nitrogen and oxygen atoms in total. The fourth-order valence-corrected chi connectivity index (χ4v) is 6.38. The Bertz CT molecular complexity index is 1630. The molecule has 0 fully saturated rings. The van der Waals surface area contributed by atoms with Crippen molar-refractivity contribution < 1.29 is 0 Å². The third-order valence-corrected chi connectivity index (χ3v) is 7.69. The van der Waals surface area contributed by atoms with Crippen LogP contribution in [0.15, 0.2) is 103 Å². The van der Waals surface area contributed by atoms with Gasteiger partial charge in [-0.2, -0.15) is 0 Å². The first-order valence-corrected chi connectivity index (χ1v) is 11.5. The molecule has 0 aromatic heterocycles. The van der Waals surface area contributed by atoms with Gasteiger partial charge in [0.2, 0.25) is 6.71 Å². The maximum absolute atomic E-state index is 2.49. The molecule has 0 saturated heterocycles. The molecule has 1 aliphatic heterocycles. The van der Waals surface area contributed by atoms with E-state index < -0.39 is 0 Å². The van der Waals surface area contributed by atoms with Crippen molar-refractivity contribution in [2.24, 2.45) is 0 Å². The van der Waals surface area contributed by atoms with Crippen molar-refractivity contribution in [3.63, 3.8) is 0 Å². The Balaban J connectivity index is 1.69. The van der Waals surface area contributed by atoms with E-state index in [0.717, 1.165) is 0 Å². The van der Waals surface area contributed by atoms with Gasteiger partial charge in [0.05, 0.1) is 0 Å². The van der Waals surface area contributed by atoms with Crippen LogP contribution < -0.4 is 16.4 Å². The van der Waals surface area contributed by atoms with Crippen molar-refractivity contribution in [3.05, 3.63) is 114 Å².